The van der Waals surface area contributed by atoms with E-state index in [1.54, 1.807) is 24.3 Å². The van der Waals surface area contributed by atoms with Crippen LogP contribution in [0.2, 0.25) is 0 Å². The van der Waals surface area contributed by atoms with Crippen LogP contribution in [0.15, 0.2) is 42.5 Å². The number of aryl methyl sites for hydroxylation is 2. The quantitative estimate of drug-likeness (QED) is 0.906. The fraction of sp³-hybridized carbons (Fsp3) is 0.188. The maximum atomic E-state index is 10.6. The van der Waals surface area contributed by atoms with Crippen LogP contribution in [-0.4, -0.2) is 11.1 Å². The van der Waals surface area contributed by atoms with Crippen LogP contribution in [0.5, 0.6) is 11.5 Å². The van der Waals surface area contributed by atoms with Crippen molar-refractivity contribution in [3.05, 3.63) is 59.2 Å². The van der Waals surface area contributed by atoms with Crippen molar-refractivity contribution in [3.63, 3.8) is 0 Å². The number of hydrogen-bond donors (Lipinski definition) is 1. The van der Waals surface area contributed by atoms with E-state index >= 15 is 0 Å². The second kappa shape index (κ2) is 5.57. The first-order valence-corrected chi connectivity index (χ1v) is 6.10. The average molecular weight is 256 g/mol. The largest absolute Gasteiger partial charge is 0.481 e. The van der Waals surface area contributed by atoms with E-state index in [4.69, 9.17) is 9.84 Å². The molecule has 0 saturated heterocycles. The summed E-state index contributed by atoms with van der Waals surface area (Å²) < 4.78 is 5.78. The van der Waals surface area contributed by atoms with Crippen LogP contribution in [0, 0.1) is 13.8 Å². The van der Waals surface area contributed by atoms with E-state index in [1.807, 2.05) is 26.0 Å². The zero-order valence-electron chi connectivity index (χ0n) is 11.0. The minimum atomic E-state index is -0.831. The van der Waals surface area contributed by atoms with Crippen molar-refractivity contribution in [3.8, 4) is 11.5 Å². The van der Waals surface area contributed by atoms with Gasteiger partial charge in [0.2, 0.25) is 0 Å². The van der Waals surface area contributed by atoms with Gasteiger partial charge in [0.05, 0.1) is 6.42 Å². The van der Waals surface area contributed by atoms with E-state index in [-0.39, 0.29) is 6.42 Å². The molecule has 0 aromatic heterocycles. The van der Waals surface area contributed by atoms with Gasteiger partial charge >= 0.3 is 5.97 Å². The van der Waals surface area contributed by atoms with Gasteiger partial charge in [-0.2, -0.15) is 0 Å². The third-order valence-corrected chi connectivity index (χ3v) is 2.84. The molecule has 3 heteroatoms. The number of ether oxygens (including phenoxy) is 1. The molecule has 0 heterocycles. The first kappa shape index (κ1) is 13.1. The van der Waals surface area contributed by atoms with E-state index in [0.717, 1.165) is 16.9 Å². The Labute approximate surface area is 112 Å². The van der Waals surface area contributed by atoms with E-state index in [9.17, 15) is 4.79 Å². The molecular weight excluding hydrogens is 240 g/mol. The Morgan fingerprint density at radius 2 is 1.79 bits per heavy atom. The number of carbonyl (C=O) groups is 1. The summed E-state index contributed by atoms with van der Waals surface area (Å²) in [6.07, 6.45) is 0.0316. The summed E-state index contributed by atoms with van der Waals surface area (Å²) in [5, 5.41) is 8.70. The second-order valence-corrected chi connectivity index (χ2v) is 4.59. The molecular formula is C16H16O3. The van der Waals surface area contributed by atoms with Gasteiger partial charge in [0.1, 0.15) is 11.5 Å². The minimum absolute atomic E-state index is 0.0316. The van der Waals surface area contributed by atoms with Crippen LogP contribution in [0.25, 0.3) is 0 Å². The van der Waals surface area contributed by atoms with Crippen LogP contribution in [0.1, 0.15) is 16.7 Å². The van der Waals surface area contributed by atoms with Gasteiger partial charge in [-0.25, -0.2) is 0 Å². The number of carboxylic acid groups (broad SMARTS) is 1. The van der Waals surface area contributed by atoms with Gasteiger partial charge in [0.15, 0.2) is 0 Å². The SMILES string of the molecule is Cc1ccc(Oc2ccc(CC(=O)O)cc2)c(C)c1. The molecule has 98 valence electrons. The number of rotatable bonds is 4. The zero-order chi connectivity index (χ0) is 13.8. The number of benzene rings is 2. The van der Waals surface area contributed by atoms with Crippen molar-refractivity contribution in [1.29, 1.82) is 0 Å². The van der Waals surface area contributed by atoms with Crippen molar-refractivity contribution < 1.29 is 14.6 Å². The Morgan fingerprint density at radius 3 is 2.37 bits per heavy atom. The third-order valence-electron chi connectivity index (χ3n) is 2.84. The first-order chi connectivity index (χ1) is 9.04. The Kier molecular flexibility index (Phi) is 3.85. The summed E-state index contributed by atoms with van der Waals surface area (Å²) in [4.78, 5) is 10.6. The van der Waals surface area contributed by atoms with Gasteiger partial charge in [-0.15, -0.1) is 0 Å². The highest BCUT2D eigenvalue weighted by atomic mass is 16.5. The average Bonchev–Trinajstić information content (AvgIpc) is 2.34. The summed E-state index contributed by atoms with van der Waals surface area (Å²) in [5.41, 5.74) is 3.04. The molecule has 0 unspecified atom stereocenters. The maximum absolute atomic E-state index is 10.6. The number of hydrogen-bond acceptors (Lipinski definition) is 2. The maximum Gasteiger partial charge on any atom is 0.307 e. The standard InChI is InChI=1S/C16H16O3/c1-11-3-8-15(12(2)9-11)19-14-6-4-13(5-7-14)10-16(17)18/h3-9H,10H2,1-2H3,(H,17,18). The summed E-state index contributed by atoms with van der Waals surface area (Å²) in [6.45, 7) is 4.04. The van der Waals surface area contributed by atoms with Gasteiger partial charge < -0.3 is 9.84 Å². The molecule has 0 aliphatic rings. The van der Waals surface area contributed by atoms with Crippen LogP contribution < -0.4 is 4.74 Å². The van der Waals surface area contributed by atoms with Crippen molar-refractivity contribution in [2.45, 2.75) is 20.3 Å². The lowest BCUT2D eigenvalue weighted by atomic mass is 10.1. The molecule has 0 atom stereocenters. The molecule has 2 aromatic rings. The van der Waals surface area contributed by atoms with Crippen molar-refractivity contribution in [2.75, 3.05) is 0 Å². The van der Waals surface area contributed by atoms with Gasteiger partial charge in [-0.05, 0) is 43.2 Å². The third kappa shape index (κ3) is 3.58. The molecule has 0 saturated carbocycles. The predicted octanol–water partition coefficient (Wildman–Crippen LogP) is 3.72. The first-order valence-electron chi connectivity index (χ1n) is 6.10. The highest BCUT2D eigenvalue weighted by Crippen LogP contribution is 2.25. The molecule has 0 fully saturated rings. The zero-order valence-corrected chi connectivity index (χ0v) is 11.0. The molecule has 0 radical (unpaired) electrons. The molecule has 2 aromatic carbocycles. The number of aliphatic carboxylic acids is 1. The molecule has 0 aliphatic carbocycles. The molecule has 0 amide bonds. The molecule has 19 heavy (non-hydrogen) atoms. The summed E-state index contributed by atoms with van der Waals surface area (Å²) >= 11 is 0. The highest BCUT2D eigenvalue weighted by molar-refractivity contribution is 5.70. The summed E-state index contributed by atoms with van der Waals surface area (Å²) in [5.74, 6) is 0.695. The Balaban J connectivity index is 2.13. The van der Waals surface area contributed by atoms with Gasteiger partial charge in [-0.3, -0.25) is 4.79 Å². The van der Waals surface area contributed by atoms with Crippen LogP contribution in [-0.2, 0) is 11.2 Å². The topological polar surface area (TPSA) is 46.5 Å². The second-order valence-electron chi connectivity index (χ2n) is 4.59. The Bertz CT molecular complexity index is 585. The fourth-order valence-corrected chi connectivity index (χ4v) is 1.89. The lowest BCUT2D eigenvalue weighted by molar-refractivity contribution is -0.136. The molecule has 1 N–H and O–H groups in total. The van der Waals surface area contributed by atoms with Crippen molar-refractivity contribution >= 4 is 5.97 Å². The highest BCUT2D eigenvalue weighted by Gasteiger charge is 2.03. The van der Waals surface area contributed by atoms with Crippen LogP contribution in [0.4, 0.5) is 0 Å². The van der Waals surface area contributed by atoms with Gasteiger partial charge in [0.25, 0.3) is 0 Å². The summed E-state index contributed by atoms with van der Waals surface area (Å²) in [7, 11) is 0. The monoisotopic (exact) mass is 256 g/mol. The summed E-state index contributed by atoms with van der Waals surface area (Å²) in [6, 6.07) is 13.1. The Hall–Kier alpha value is -2.29. The lowest BCUT2D eigenvalue weighted by Crippen LogP contribution is -1.99. The smallest absolute Gasteiger partial charge is 0.307 e. The van der Waals surface area contributed by atoms with Crippen LogP contribution in [0.3, 0.4) is 0 Å². The normalized spacial score (nSPS) is 10.2. The molecule has 0 spiro atoms. The minimum Gasteiger partial charge on any atom is -0.481 e. The van der Waals surface area contributed by atoms with E-state index in [2.05, 4.69) is 6.07 Å². The van der Waals surface area contributed by atoms with Gasteiger partial charge in [0, 0.05) is 0 Å². The molecule has 2 rings (SSSR count). The number of carboxylic acids is 1. The van der Waals surface area contributed by atoms with E-state index < -0.39 is 5.97 Å². The van der Waals surface area contributed by atoms with E-state index in [1.165, 1.54) is 5.56 Å². The lowest BCUT2D eigenvalue weighted by Gasteiger charge is -2.09. The Morgan fingerprint density at radius 1 is 1.11 bits per heavy atom. The van der Waals surface area contributed by atoms with Crippen molar-refractivity contribution in [1.82, 2.24) is 0 Å². The van der Waals surface area contributed by atoms with E-state index in [0.29, 0.717) is 5.75 Å². The van der Waals surface area contributed by atoms with Crippen LogP contribution >= 0.6 is 0 Å². The fourth-order valence-electron chi connectivity index (χ4n) is 1.89. The molecule has 3 nitrogen and oxygen atoms in total. The van der Waals surface area contributed by atoms with Gasteiger partial charge in [-0.1, -0.05) is 29.8 Å². The molecule has 0 bridgehead atoms. The molecule has 0 aliphatic heterocycles. The van der Waals surface area contributed by atoms with Crippen molar-refractivity contribution in [2.24, 2.45) is 0 Å². The predicted molar refractivity (Wildman–Crippen MR) is 73.8 cm³/mol.